The Balaban J connectivity index is 2.46. The van der Waals surface area contributed by atoms with Crippen molar-refractivity contribution in [1.29, 1.82) is 5.26 Å². The zero-order chi connectivity index (χ0) is 9.90. The second-order valence-electron chi connectivity index (χ2n) is 3.91. The van der Waals surface area contributed by atoms with E-state index in [9.17, 15) is 4.79 Å². The minimum atomic E-state index is -0.674. The van der Waals surface area contributed by atoms with Gasteiger partial charge >= 0.3 is 0 Å². The summed E-state index contributed by atoms with van der Waals surface area (Å²) in [4.78, 5) is 11.5. The Morgan fingerprint density at radius 3 is 2.62 bits per heavy atom. The molecular weight excluding hydrogens is 164 g/mol. The number of amides is 1. The van der Waals surface area contributed by atoms with Gasteiger partial charge in [0.2, 0.25) is 5.91 Å². The second kappa shape index (κ2) is 3.78. The lowest BCUT2D eigenvalue weighted by atomic mass is 9.84. The first-order chi connectivity index (χ1) is 6.11. The average molecular weight is 180 g/mol. The standard InChI is InChI=1S/C10H16N2O/c1-3-10(2,7-11)12-9(13)8-5-4-6-8/h8H,3-6H2,1-2H3,(H,12,13). The van der Waals surface area contributed by atoms with Gasteiger partial charge in [-0.1, -0.05) is 13.3 Å². The van der Waals surface area contributed by atoms with Gasteiger partial charge in [-0.05, 0) is 26.2 Å². The molecule has 0 aromatic rings. The van der Waals surface area contributed by atoms with E-state index in [-0.39, 0.29) is 11.8 Å². The molecular formula is C10H16N2O. The molecule has 1 saturated carbocycles. The first kappa shape index (κ1) is 10.0. The van der Waals surface area contributed by atoms with E-state index in [1.807, 2.05) is 6.92 Å². The first-order valence-corrected chi connectivity index (χ1v) is 4.84. The van der Waals surface area contributed by atoms with Crippen molar-refractivity contribution in [2.75, 3.05) is 0 Å². The fourth-order valence-corrected chi connectivity index (χ4v) is 1.24. The fourth-order valence-electron chi connectivity index (χ4n) is 1.24. The molecule has 0 bridgehead atoms. The van der Waals surface area contributed by atoms with Crippen LogP contribution in [0.3, 0.4) is 0 Å². The quantitative estimate of drug-likeness (QED) is 0.717. The Kier molecular flexibility index (Phi) is 2.92. The van der Waals surface area contributed by atoms with Crippen LogP contribution in [0.1, 0.15) is 39.5 Å². The van der Waals surface area contributed by atoms with Crippen LogP contribution in [-0.4, -0.2) is 11.4 Å². The molecule has 1 unspecified atom stereocenters. The van der Waals surface area contributed by atoms with Gasteiger partial charge in [0.15, 0.2) is 0 Å². The Morgan fingerprint density at radius 1 is 1.69 bits per heavy atom. The van der Waals surface area contributed by atoms with E-state index in [1.54, 1.807) is 6.92 Å². The second-order valence-corrected chi connectivity index (χ2v) is 3.91. The van der Waals surface area contributed by atoms with Gasteiger partial charge in [-0.2, -0.15) is 5.26 Å². The lowest BCUT2D eigenvalue weighted by Crippen LogP contribution is -2.48. The lowest BCUT2D eigenvalue weighted by Gasteiger charge is -2.29. The van der Waals surface area contributed by atoms with Crippen LogP contribution < -0.4 is 5.32 Å². The zero-order valence-electron chi connectivity index (χ0n) is 8.26. The van der Waals surface area contributed by atoms with Crippen LogP contribution in [0.2, 0.25) is 0 Å². The van der Waals surface area contributed by atoms with Gasteiger partial charge in [-0.25, -0.2) is 0 Å². The zero-order valence-corrected chi connectivity index (χ0v) is 8.26. The smallest absolute Gasteiger partial charge is 0.224 e. The van der Waals surface area contributed by atoms with E-state index >= 15 is 0 Å². The summed E-state index contributed by atoms with van der Waals surface area (Å²) in [5.41, 5.74) is -0.674. The van der Waals surface area contributed by atoms with Crippen molar-refractivity contribution < 1.29 is 4.79 Å². The van der Waals surface area contributed by atoms with Crippen molar-refractivity contribution in [2.45, 2.75) is 45.1 Å². The molecule has 0 radical (unpaired) electrons. The monoisotopic (exact) mass is 180 g/mol. The Labute approximate surface area is 79.1 Å². The third-order valence-electron chi connectivity index (χ3n) is 2.83. The molecule has 0 spiro atoms. The summed E-state index contributed by atoms with van der Waals surface area (Å²) in [6.45, 7) is 3.67. The first-order valence-electron chi connectivity index (χ1n) is 4.84. The van der Waals surface area contributed by atoms with Gasteiger partial charge in [0, 0.05) is 5.92 Å². The summed E-state index contributed by atoms with van der Waals surface area (Å²) in [7, 11) is 0. The molecule has 0 aromatic carbocycles. The molecule has 1 N–H and O–H groups in total. The van der Waals surface area contributed by atoms with E-state index in [0.29, 0.717) is 6.42 Å². The number of nitrogens with one attached hydrogen (secondary N) is 1. The van der Waals surface area contributed by atoms with Crippen molar-refractivity contribution in [3.05, 3.63) is 0 Å². The molecule has 1 aliphatic rings. The van der Waals surface area contributed by atoms with Crippen molar-refractivity contribution in [3.63, 3.8) is 0 Å². The molecule has 1 fully saturated rings. The SMILES string of the molecule is CCC(C)(C#N)NC(=O)C1CCC1. The van der Waals surface area contributed by atoms with Crippen molar-refractivity contribution in [3.8, 4) is 6.07 Å². The van der Waals surface area contributed by atoms with Gasteiger partial charge < -0.3 is 5.32 Å². The van der Waals surface area contributed by atoms with Crippen LogP contribution in [0.25, 0.3) is 0 Å². The normalized spacial score (nSPS) is 21.0. The Bertz CT molecular complexity index is 240. The topological polar surface area (TPSA) is 52.9 Å². The number of nitriles is 1. The highest BCUT2D eigenvalue weighted by molar-refractivity contribution is 5.80. The van der Waals surface area contributed by atoms with Crippen molar-refractivity contribution in [1.82, 2.24) is 5.32 Å². The molecule has 0 aliphatic heterocycles. The maximum atomic E-state index is 11.5. The summed E-state index contributed by atoms with van der Waals surface area (Å²) in [5.74, 6) is 0.219. The van der Waals surface area contributed by atoms with E-state index in [4.69, 9.17) is 5.26 Å². The molecule has 0 saturated heterocycles. The number of hydrogen-bond donors (Lipinski definition) is 1. The molecule has 13 heavy (non-hydrogen) atoms. The van der Waals surface area contributed by atoms with Gasteiger partial charge in [-0.15, -0.1) is 0 Å². The predicted molar refractivity (Wildman–Crippen MR) is 49.8 cm³/mol. The highest BCUT2D eigenvalue weighted by atomic mass is 16.2. The third kappa shape index (κ3) is 2.21. The van der Waals surface area contributed by atoms with Crippen LogP contribution >= 0.6 is 0 Å². The van der Waals surface area contributed by atoms with E-state index in [0.717, 1.165) is 19.3 Å². The number of carbonyl (C=O) groups excluding carboxylic acids is 1. The van der Waals surface area contributed by atoms with Crippen LogP contribution in [0, 0.1) is 17.2 Å². The van der Waals surface area contributed by atoms with Crippen LogP contribution in [0.4, 0.5) is 0 Å². The minimum absolute atomic E-state index is 0.0529. The highest BCUT2D eigenvalue weighted by Gasteiger charge is 2.30. The molecule has 1 amide bonds. The van der Waals surface area contributed by atoms with Gasteiger partial charge in [0.25, 0.3) is 0 Å². The maximum absolute atomic E-state index is 11.5. The predicted octanol–water partition coefficient (Wildman–Crippen LogP) is 1.59. The summed E-state index contributed by atoms with van der Waals surface area (Å²) in [5, 5.41) is 11.6. The summed E-state index contributed by atoms with van der Waals surface area (Å²) >= 11 is 0. The summed E-state index contributed by atoms with van der Waals surface area (Å²) in [6.07, 6.45) is 3.77. The average Bonchev–Trinajstić information content (AvgIpc) is 2.01. The molecule has 0 aromatic heterocycles. The summed E-state index contributed by atoms with van der Waals surface area (Å²) in [6, 6.07) is 2.13. The molecule has 1 aliphatic carbocycles. The van der Waals surface area contributed by atoms with Crippen molar-refractivity contribution >= 4 is 5.91 Å². The summed E-state index contributed by atoms with van der Waals surface area (Å²) < 4.78 is 0. The molecule has 0 heterocycles. The van der Waals surface area contributed by atoms with E-state index in [2.05, 4.69) is 11.4 Å². The van der Waals surface area contributed by atoms with E-state index < -0.39 is 5.54 Å². The molecule has 3 heteroatoms. The Morgan fingerprint density at radius 2 is 2.31 bits per heavy atom. The molecule has 3 nitrogen and oxygen atoms in total. The molecule has 1 atom stereocenters. The number of rotatable bonds is 3. The van der Waals surface area contributed by atoms with E-state index in [1.165, 1.54) is 0 Å². The van der Waals surface area contributed by atoms with Gasteiger partial charge in [-0.3, -0.25) is 4.79 Å². The Hall–Kier alpha value is -1.04. The highest BCUT2D eigenvalue weighted by Crippen LogP contribution is 2.27. The van der Waals surface area contributed by atoms with Crippen molar-refractivity contribution in [2.24, 2.45) is 5.92 Å². The largest absolute Gasteiger partial charge is 0.338 e. The van der Waals surface area contributed by atoms with Gasteiger partial charge in [0.1, 0.15) is 5.54 Å². The minimum Gasteiger partial charge on any atom is -0.338 e. The number of hydrogen-bond acceptors (Lipinski definition) is 2. The van der Waals surface area contributed by atoms with Crippen LogP contribution in [0.15, 0.2) is 0 Å². The fraction of sp³-hybridized carbons (Fsp3) is 0.800. The lowest BCUT2D eigenvalue weighted by molar-refractivity contribution is -0.128. The van der Waals surface area contributed by atoms with Gasteiger partial charge in [0.05, 0.1) is 6.07 Å². The molecule has 72 valence electrons. The number of nitrogens with zero attached hydrogens (tertiary/aromatic N) is 1. The third-order valence-corrected chi connectivity index (χ3v) is 2.83. The van der Waals surface area contributed by atoms with Crippen LogP contribution in [-0.2, 0) is 4.79 Å². The maximum Gasteiger partial charge on any atom is 0.224 e. The number of carbonyl (C=O) groups is 1. The molecule has 1 rings (SSSR count). The van der Waals surface area contributed by atoms with Crippen LogP contribution in [0.5, 0.6) is 0 Å².